The fourth-order valence-corrected chi connectivity index (χ4v) is 2.51. The summed E-state index contributed by atoms with van der Waals surface area (Å²) in [7, 11) is 3.17. The zero-order valence-electron chi connectivity index (χ0n) is 9.42. The fraction of sp³-hybridized carbons (Fsp3) is 0.545. The van der Waals surface area contributed by atoms with Crippen LogP contribution in [0.25, 0.3) is 0 Å². The number of methoxy groups -OCH3 is 2. The molecule has 2 unspecified atom stereocenters. The van der Waals surface area contributed by atoms with Gasteiger partial charge in [-0.15, -0.1) is 0 Å². The summed E-state index contributed by atoms with van der Waals surface area (Å²) in [4.78, 5) is 11.7. The molecule has 5 heteroatoms. The van der Waals surface area contributed by atoms with Crippen LogP contribution in [0, 0.1) is 5.92 Å². The van der Waals surface area contributed by atoms with Crippen molar-refractivity contribution in [3.63, 3.8) is 0 Å². The Morgan fingerprint density at radius 2 is 2.12 bits per heavy atom. The SMILES string of the molecule is COC1=CC(C(=O)C(C)Br)CC(OC)=C1Br. The van der Waals surface area contributed by atoms with E-state index in [9.17, 15) is 4.79 Å². The third-order valence-electron chi connectivity index (χ3n) is 2.44. The van der Waals surface area contributed by atoms with Crippen LogP contribution >= 0.6 is 31.9 Å². The number of allylic oxidation sites excluding steroid dienone is 3. The summed E-state index contributed by atoms with van der Waals surface area (Å²) in [6.07, 6.45) is 2.39. The number of rotatable bonds is 4. The van der Waals surface area contributed by atoms with Crippen LogP contribution in [-0.4, -0.2) is 24.8 Å². The molecule has 0 bridgehead atoms. The van der Waals surface area contributed by atoms with Crippen LogP contribution in [0.5, 0.6) is 0 Å². The van der Waals surface area contributed by atoms with Crippen LogP contribution in [0.15, 0.2) is 22.1 Å². The first-order chi connectivity index (χ1) is 7.51. The van der Waals surface area contributed by atoms with Gasteiger partial charge in [0.1, 0.15) is 11.5 Å². The Morgan fingerprint density at radius 3 is 2.56 bits per heavy atom. The minimum atomic E-state index is -0.194. The van der Waals surface area contributed by atoms with E-state index in [4.69, 9.17) is 9.47 Å². The molecule has 90 valence electrons. The molecule has 0 heterocycles. The molecule has 16 heavy (non-hydrogen) atoms. The molecule has 1 rings (SSSR count). The highest BCUT2D eigenvalue weighted by molar-refractivity contribution is 9.12. The van der Waals surface area contributed by atoms with Crippen LogP contribution in [0.2, 0.25) is 0 Å². The summed E-state index contributed by atoms with van der Waals surface area (Å²) < 4.78 is 11.2. The molecule has 0 saturated heterocycles. The van der Waals surface area contributed by atoms with Gasteiger partial charge in [-0.1, -0.05) is 15.9 Å². The molecule has 2 atom stereocenters. The van der Waals surface area contributed by atoms with Gasteiger partial charge in [-0.25, -0.2) is 0 Å². The summed E-state index contributed by atoms with van der Waals surface area (Å²) in [6.45, 7) is 1.82. The Bertz CT molecular complexity index is 345. The first kappa shape index (κ1) is 13.8. The lowest BCUT2D eigenvalue weighted by molar-refractivity contribution is -0.120. The standard InChI is InChI=1S/C11H14Br2O3/c1-6(12)11(14)7-4-8(15-2)10(13)9(5-7)16-3/h4,6-7H,5H2,1-3H3. The van der Waals surface area contributed by atoms with E-state index in [1.165, 1.54) is 0 Å². The van der Waals surface area contributed by atoms with Gasteiger partial charge in [-0.2, -0.15) is 0 Å². The van der Waals surface area contributed by atoms with E-state index in [2.05, 4.69) is 31.9 Å². The summed E-state index contributed by atoms with van der Waals surface area (Å²) in [5.41, 5.74) is 0. The molecule has 1 aliphatic rings. The average molecular weight is 354 g/mol. The molecule has 0 saturated carbocycles. The molecule has 0 spiro atoms. The normalized spacial score (nSPS) is 22.6. The lowest BCUT2D eigenvalue weighted by Gasteiger charge is -2.22. The highest BCUT2D eigenvalue weighted by Crippen LogP contribution is 2.34. The fourth-order valence-electron chi connectivity index (χ4n) is 1.55. The van der Waals surface area contributed by atoms with Gasteiger partial charge < -0.3 is 9.47 Å². The predicted molar refractivity (Wildman–Crippen MR) is 69.6 cm³/mol. The second-order valence-electron chi connectivity index (χ2n) is 3.51. The van der Waals surface area contributed by atoms with E-state index in [-0.39, 0.29) is 16.5 Å². The Hall–Kier alpha value is -0.290. The van der Waals surface area contributed by atoms with Crippen molar-refractivity contribution in [2.24, 2.45) is 5.92 Å². The van der Waals surface area contributed by atoms with Gasteiger partial charge >= 0.3 is 0 Å². The monoisotopic (exact) mass is 352 g/mol. The van der Waals surface area contributed by atoms with Crippen LogP contribution in [0.4, 0.5) is 0 Å². The van der Waals surface area contributed by atoms with E-state index in [0.717, 1.165) is 10.2 Å². The predicted octanol–water partition coefficient (Wildman–Crippen LogP) is 3.14. The number of carbonyl (C=O) groups excluding carboxylic acids is 1. The highest BCUT2D eigenvalue weighted by Gasteiger charge is 2.28. The maximum atomic E-state index is 11.9. The number of Topliss-reactive ketones (excluding diaryl/α,β-unsaturated/α-hetero) is 1. The molecule has 0 fully saturated rings. The molecule has 0 aromatic heterocycles. The molecule has 0 aromatic rings. The smallest absolute Gasteiger partial charge is 0.153 e. The first-order valence-electron chi connectivity index (χ1n) is 4.87. The van der Waals surface area contributed by atoms with Crippen LogP contribution < -0.4 is 0 Å². The molecule has 0 aliphatic heterocycles. The third kappa shape index (κ3) is 2.88. The molecular weight excluding hydrogens is 340 g/mol. The Morgan fingerprint density at radius 1 is 1.50 bits per heavy atom. The number of ketones is 1. The number of halogens is 2. The number of ether oxygens (including phenoxy) is 2. The lowest BCUT2D eigenvalue weighted by atomic mass is 9.93. The van der Waals surface area contributed by atoms with Crippen molar-refractivity contribution in [3.8, 4) is 0 Å². The Labute approximate surface area is 112 Å². The molecular formula is C11H14Br2O3. The minimum Gasteiger partial charge on any atom is -0.500 e. The van der Waals surface area contributed by atoms with Gasteiger partial charge in [-0.3, -0.25) is 4.79 Å². The zero-order valence-corrected chi connectivity index (χ0v) is 12.6. The largest absolute Gasteiger partial charge is 0.500 e. The van der Waals surface area contributed by atoms with E-state index in [1.54, 1.807) is 14.2 Å². The lowest BCUT2D eigenvalue weighted by Crippen LogP contribution is -2.23. The van der Waals surface area contributed by atoms with Gasteiger partial charge in [0.2, 0.25) is 0 Å². The van der Waals surface area contributed by atoms with Gasteiger partial charge in [-0.05, 0) is 28.9 Å². The molecule has 0 N–H and O–H groups in total. The first-order valence-corrected chi connectivity index (χ1v) is 6.58. The van der Waals surface area contributed by atoms with Crippen molar-refractivity contribution in [2.45, 2.75) is 18.2 Å². The van der Waals surface area contributed by atoms with Crippen molar-refractivity contribution >= 4 is 37.6 Å². The summed E-state index contributed by atoms with van der Waals surface area (Å²) in [5, 5.41) is 0. The second-order valence-corrected chi connectivity index (χ2v) is 5.67. The number of hydrogen-bond donors (Lipinski definition) is 0. The summed E-state index contributed by atoms with van der Waals surface area (Å²) in [5.74, 6) is 1.32. The van der Waals surface area contributed by atoms with Crippen molar-refractivity contribution in [3.05, 3.63) is 22.1 Å². The van der Waals surface area contributed by atoms with Crippen molar-refractivity contribution in [1.82, 2.24) is 0 Å². The van der Waals surface area contributed by atoms with Crippen molar-refractivity contribution in [1.29, 1.82) is 0 Å². The van der Waals surface area contributed by atoms with E-state index in [1.807, 2.05) is 13.0 Å². The minimum absolute atomic E-state index is 0.129. The third-order valence-corrected chi connectivity index (χ3v) is 3.73. The molecule has 0 amide bonds. The quantitative estimate of drug-likeness (QED) is 0.728. The maximum absolute atomic E-state index is 11.9. The Kier molecular flexibility index (Phi) is 5.05. The van der Waals surface area contributed by atoms with Gasteiger partial charge in [0.15, 0.2) is 5.78 Å². The molecule has 0 radical (unpaired) electrons. The number of hydrogen-bond acceptors (Lipinski definition) is 3. The van der Waals surface area contributed by atoms with Crippen LogP contribution in [-0.2, 0) is 14.3 Å². The summed E-state index contributed by atoms with van der Waals surface area (Å²) in [6, 6.07) is 0. The van der Waals surface area contributed by atoms with E-state index in [0.29, 0.717) is 12.2 Å². The highest BCUT2D eigenvalue weighted by atomic mass is 79.9. The van der Waals surface area contributed by atoms with E-state index >= 15 is 0 Å². The molecule has 1 aliphatic carbocycles. The van der Waals surface area contributed by atoms with Gasteiger partial charge in [0.05, 0.1) is 23.5 Å². The van der Waals surface area contributed by atoms with Crippen LogP contribution in [0.1, 0.15) is 13.3 Å². The topological polar surface area (TPSA) is 35.5 Å². The van der Waals surface area contributed by atoms with Crippen molar-refractivity contribution in [2.75, 3.05) is 14.2 Å². The van der Waals surface area contributed by atoms with Gasteiger partial charge in [0, 0.05) is 12.3 Å². The van der Waals surface area contributed by atoms with Crippen molar-refractivity contribution < 1.29 is 14.3 Å². The molecule has 0 aromatic carbocycles. The maximum Gasteiger partial charge on any atom is 0.153 e. The zero-order chi connectivity index (χ0) is 12.3. The van der Waals surface area contributed by atoms with Gasteiger partial charge in [0.25, 0.3) is 0 Å². The number of alkyl halides is 1. The number of carbonyl (C=O) groups is 1. The van der Waals surface area contributed by atoms with E-state index < -0.39 is 0 Å². The molecule has 3 nitrogen and oxygen atoms in total. The average Bonchev–Trinajstić information content (AvgIpc) is 2.28. The second kappa shape index (κ2) is 5.87. The van der Waals surface area contributed by atoms with Crippen LogP contribution in [0.3, 0.4) is 0 Å². The summed E-state index contributed by atoms with van der Waals surface area (Å²) >= 11 is 6.68. The Balaban J connectivity index is 2.97.